The van der Waals surface area contributed by atoms with Crippen molar-refractivity contribution in [2.24, 2.45) is 5.41 Å². The molecule has 2 N–H and O–H groups in total. The van der Waals surface area contributed by atoms with Gasteiger partial charge in [0.15, 0.2) is 0 Å². The maximum absolute atomic E-state index is 12.0. The lowest BCUT2D eigenvalue weighted by molar-refractivity contribution is -0.142. The van der Waals surface area contributed by atoms with E-state index in [4.69, 9.17) is 9.84 Å². The van der Waals surface area contributed by atoms with Gasteiger partial charge < -0.3 is 20.1 Å². The van der Waals surface area contributed by atoms with Gasteiger partial charge in [-0.3, -0.25) is 0 Å². The summed E-state index contributed by atoms with van der Waals surface area (Å²) in [6, 6.07) is -1.24. The van der Waals surface area contributed by atoms with Crippen LogP contribution in [0.3, 0.4) is 0 Å². The van der Waals surface area contributed by atoms with Gasteiger partial charge in [0.2, 0.25) is 0 Å². The van der Waals surface area contributed by atoms with Gasteiger partial charge in [0.25, 0.3) is 0 Å². The summed E-state index contributed by atoms with van der Waals surface area (Å²) in [6.45, 7) is 8.71. The minimum atomic E-state index is -1.02. The second-order valence-corrected chi connectivity index (χ2v) is 5.71. The second kappa shape index (κ2) is 5.56. The van der Waals surface area contributed by atoms with Gasteiger partial charge in [-0.2, -0.15) is 0 Å². The van der Waals surface area contributed by atoms with E-state index >= 15 is 0 Å². The summed E-state index contributed by atoms with van der Waals surface area (Å²) in [5.41, 5.74) is -0.528. The largest absolute Gasteiger partial charge is 0.480 e. The van der Waals surface area contributed by atoms with E-state index in [9.17, 15) is 9.59 Å². The molecule has 6 nitrogen and oxygen atoms in total. The third-order valence-corrected chi connectivity index (χ3v) is 2.91. The molecule has 6 heteroatoms. The average molecular weight is 258 g/mol. The highest BCUT2D eigenvalue weighted by Gasteiger charge is 2.34. The number of hydrogen-bond donors (Lipinski definition) is 2. The highest BCUT2D eigenvalue weighted by Crippen LogP contribution is 2.20. The summed E-state index contributed by atoms with van der Waals surface area (Å²) in [4.78, 5) is 24.8. The van der Waals surface area contributed by atoms with E-state index in [0.717, 1.165) is 0 Å². The lowest BCUT2D eigenvalue weighted by atomic mass is 9.87. The van der Waals surface area contributed by atoms with Crippen LogP contribution in [0.1, 0.15) is 27.7 Å². The molecule has 1 aliphatic heterocycles. The normalized spacial score (nSPS) is 22.4. The topological polar surface area (TPSA) is 78.9 Å². The molecule has 0 aromatic rings. The van der Waals surface area contributed by atoms with Crippen LogP contribution in [-0.2, 0) is 9.53 Å². The van der Waals surface area contributed by atoms with Crippen molar-refractivity contribution in [2.45, 2.75) is 39.8 Å². The number of carbonyl (C=O) groups is 2. The first-order chi connectivity index (χ1) is 8.21. The smallest absolute Gasteiger partial charge is 0.326 e. The Labute approximate surface area is 107 Å². The van der Waals surface area contributed by atoms with E-state index < -0.39 is 17.4 Å². The van der Waals surface area contributed by atoms with E-state index in [1.165, 1.54) is 0 Å². The number of amides is 2. The van der Waals surface area contributed by atoms with Crippen molar-refractivity contribution < 1.29 is 19.4 Å². The Kier molecular flexibility index (Phi) is 4.56. The summed E-state index contributed by atoms with van der Waals surface area (Å²) in [5, 5.41) is 11.7. The van der Waals surface area contributed by atoms with E-state index in [0.29, 0.717) is 19.7 Å². The van der Waals surface area contributed by atoms with Crippen LogP contribution in [0.2, 0.25) is 0 Å². The number of morpholine rings is 1. The predicted octanol–water partition coefficient (Wildman–Crippen LogP) is 0.916. The van der Waals surface area contributed by atoms with Crippen molar-refractivity contribution in [3.8, 4) is 0 Å². The molecular weight excluding hydrogens is 236 g/mol. The maximum Gasteiger partial charge on any atom is 0.326 e. The zero-order valence-electron chi connectivity index (χ0n) is 11.4. The minimum Gasteiger partial charge on any atom is -0.480 e. The van der Waals surface area contributed by atoms with Gasteiger partial charge in [-0.15, -0.1) is 0 Å². The Morgan fingerprint density at radius 1 is 1.44 bits per heavy atom. The van der Waals surface area contributed by atoms with Crippen LogP contribution in [0, 0.1) is 5.41 Å². The predicted molar refractivity (Wildman–Crippen MR) is 66.4 cm³/mol. The summed E-state index contributed by atoms with van der Waals surface area (Å²) >= 11 is 0. The Morgan fingerprint density at radius 3 is 2.50 bits per heavy atom. The van der Waals surface area contributed by atoms with Gasteiger partial charge in [-0.1, -0.05) is 20.8 Å². The standard InChI is InChI=1S/C12H22N2O4/c1-8-7-14(5-6-18-8)11(17)13-9(10(15)16)12(2,3)4/h8-9H,5-7H2,1-4H3,(H,13,17)(H,15,16). The SMILES string of the molecule is CC1CN(C(=O)NC(C(=O)O)C(C)(C)C)CCO1. The number of nitrogens with zero attached hydrogens (tertiary/aromatic N) is 1. The molecule has 2 atom stereocenters. The van der Waals surface area contributed by atoms with Crippen LogP contribution in [-0.4, -0.2) is 53.8 Å². The van der Waals surface area contributed by atoms with E-state index in [1.54, 1.807) is 25.7 Å². The number of rotatable bonds is 2. The molecule has 1 saturated heterocycles. The van der Waals surface area contributed by atoms with Crippen molar-refractivity contribution >= 4 is 12.0 Å². The van der Waals surface area contributed by atoms with Crippen molar-refractivity contribution in [1.29, 1.82) is 0 Å². The summed E-state index contributed by atoms with van der Waals surface area (Å²) in [7, 11) is 0. The van der Waals surface area contributed by atoms with E-state index in [1.807, 2.05) is 6.92 Å². The first-order valence-electron chi connectivity index (χ1n) is 6.11. The summed E-state index contributed by atoms with van der Waals surface area (Å²) < 4.78 is 5.34. The molecule has 1 rings (SSSR count). The number of aliphatic carboxylic acids is 1. The molecular formula is C12H22N2O4. The third kappa shape index (κ3) is 3.87. The first-order valence-corrected chi connectivity index (χ1v) is 6.11. The fourth-order valence-corrected chi connectivity index (χ4v) is 1.87. The van der Waals surface area contributed by atoms with Crippen LogP contribution < -0.4 is 5.32 Å². The maximum atomic E-state index is 12.0. The molecule has 0 aromatic heterocycles. The fraction of sp³-hybridized carbons (Fsp3) is 0.833. The monoisotopic (exact) mass is 258 g/mol. The second-order valence-electron chi connectivity index (χ2n) is 5.71. The molecule has 0 bridgehead atoms. The van der Waals surface area contributed by atoms with Crippen molar-refractivity contribution in [3.05, 3.63) is 0 Å². The molecule has 0 radical (unpaired) electrons. The van der Waals surface area contributed by atoms with Crippen molar-refractivity contribution in [2.75, 3.05) is 19.7 Å². The molecule has 104 valence electrons. The zero-order chi connectivity index (χ0) is 13.9. The molecule has 18 heavy (non-hydrogen) atoms. The number of ether oxygens (including phenoxy) is 1. The van der Waals surface area contributed by atoms with Crippen molar-refractivity contribution in [3.63, 3.8) is 0 Å². The summed E-state index contributed by atoms with van der Waals surface area (Å²) in [5.74, 6) is -1.02. The van der Waals surface area contributed by atoms with Crippen LogP contribution in [0.15, 0.2) is 0 Å². The van der Waals surface area contributed by atoms with Crippen molar-refractivity contribution in [1.82, 2.24) is 10.2 Å². The molecule has 0 spiro atoms. The number of urea groups is 1. The molecule has 2 unspecified atom stereocenters. The van der Waals surface area contributed by atoms with Gasteiger partial charge in [-0.25, -0.2) is 9.59 Å². The Morgan fingerprint density at radius 2 is 2.06 bits per heavy atom. The van der Waals surface area contributed by atoms with Gasteiger partial charge in [-0.05, 0) is 12.3 Å². The molecule has 1 fully saturated rings. The Bertz CT molecular complexity index is 325. The van der Waals surface area contributed by atoms with Crippen LogP contribution in [0.5, 0.6) is 0 Å². The highest BCUT2D eigenvalue weighted by atomic mass is 16.5. The van der Waals surface area contributed by atoms with E-state index in [-0.39, 0.29) is 12.1 Å². The fourth-order valence-electron chi connectivity index (χ4n) is 1.87. The Hall–Kier alpha value is -1.30. The lowest BCUT2D eigenvalue weighted by Crippen LogP contribution is -2.56. The number of nitrogens with one attached hydrogen (secondary N) is 1. The van der Waals surface area contributed by atoms with E-state index in [2.05, 4.69) is 5.32 Å². The number of hydrogen-bond acceptors (Lipinski definition) is 3. The highest BCUT2D eigenvalue weighted by molar-refractivity contribution is 5.83. The molecule has 2 amide bonds. The minimum absolute atomic E-state index is 0.0117. The molecule has 1 heterocycles. The third-order valence-electron chi connectivity index (χ3n) is 2.91. The van der Waals surface area contributed by atoms with Gasteiger partial charge >= 0.3 is 12.0 Å². The van der Waals surface area contributed by atoms with Crippen LogP contribution in [0.25, 0.3) is 0 Å². The lowest BCUT2D eigenvalue weighted by Gasteiger charge is -2.34. The number of carbonyl (C=O) groups excluding carboxylic acids is 1. The summed E-state index contributed by atoms with van der Waals surface area (Å²) in [6.07, 6.45) is -0.0117. The first kappa shape index (κ1) is 14.8. The van der Waals surface area contributed by atoms with Crippen LogP contribution >= 0.6 is 0 Å². The van der Waals surface area contributed by atoms with Crippen LogP contribution in [0.4, 0.5) is 4.79 Å². The Balaban J connectivity index is 2.64. The number of carboxylic acids is 1. The molecule has 1 aliphatic rings. The van der Waals surface area contributed by atoms with Gasteiger partial charge in [0.1, 0.15) is 6.04 Å². The quantitative estimate of drug-likeness (QED) is 0.772. The number of carboxylic acid groups (broad SMARTS) is 1. The average Bonchev–Trinajstić information content (AvgIpc) is 2.23. The zero-order valence-corrected chi connectivity index (χ0v) is 11.4. The molecule has 0 aromatic carbocycles. The molecule has 0 aliphatic carbocycles. The van der Waals surface area contributed by atoms with Gasteiger partial charge in [0, 0.05) is 13.1 Å². The molecule has 0 saturated carbocycles. The van der Waals surface area contributed by atoms with Gasteiger partial charge in [0.05, 0.1) is 12.7 Å².